The van der Waals surface area contributed by atoms with Crippen LogP contribution in [0.4, 0.5) is 5.82 Å². The van der Waals surface area contributed by atoms with Crippen LogP contribution in [0.3, 0.4) is 0 Å². The first kappa shape index (κ1) is 14.2. The fourth-order valence-corrected chi connectivity index (χ4v) is 2.16. The molecule has 0 atom stereocenters. The molecule has 112 valence electrons. The second-order valence-electron chi connectivity index (χ2n) is 4.53. The van der Waals surface area contributed by atoms with E-state index in [1.807, 2.05) is 24.3 Å². The first-order valence-corrected chi connectivity index (χ1v) is 6.93. The molecule has 2 aromatic heterocycles. The highest BCUT2D eigenvalue weighted by Gasteiger charge is 2.09. The van der Waals surface area contributed by atoms with Crippen molar-refractivity contribution in [2.24, 2.45) is 5.10 Å². The van der Waals surface area contributed by atoms with Crippen LogP contribution in [-0.2, 0) is 0 Å². The van der Waals surface area contributed by atoms with Gasteiger partial charge in [0.25, 0.3) is 0 Å². The molecule has 3 aromatic rings. The molecule has 0 unspecified atom stereocenters. The summed E-state index contributed by atoms with van der Waals surface area (Å²) in [6.45, 7) is 0. The number of hydrazone groups is 1. The minimum Gasteiger partial charge on any atom is -0.497 e. The largest absolute Gasteiger partial charge is 0.497 e. The van der Waals surface area contributed by atoms with E-state index in [1.165, 1.54) is 0 Å². The average molecular weight is 314 g/mol. The number of ether oxygens (including phenoxy) is 1. The summed E-state index contributed by atoms with van der Waals surface area (Å²) in [5.41, 5.74) is 2.36. The molecule has 0 aliphatic rings. The van der Waals surface area contributed by atoms with E-state index in [2.05, 4.69) is 25.0 Å². The minimum absolute atomic E-state index is 0.362. The third-order valence-corrected chi connectivity index (χ3v) is 3.29. The van der Waals surface area contributed by atoms with Crippen molar-refractivity contribution in [2.45, 2.75) is 0 Å². The summed E-state index contributed by atoms with van der Waals surface area (Å²) >= 11 is 5.10. The van der Waals surface area contributed by atoms with Crippen molar-refractivity contribution in [3.8, 4) is 5.75 Å². The van der Waals surface area contributed by atoms with Gasteiger partial charge in [-0.15, -0.1) is 0 Å². The highest BCUT2D eigenvalue weighted by atomic mass is 32.1. The molecule has 8 heteroatoms. The first-order chi connectivity index (χ1) is 10.7. The molecule has 0 amide bonds. The van der Waals surface area contributed by atoms with E-state index in [4.69, 9.17) is 17.0 Å². The van der Waals surface area contributed by atoms with Crippen LogP contribution in [0.5, 0.6) is 5.75 Å². The number of nitrogens with one attached hydrogen (secondary N) is 2. The van der Waals surface area contributed by atoms with Gasteiger partial charge in [0, 0.05) is 7.05 Å². The molecule has 3 rings (SSSR count). The first-order valence-electron chi connectivity index (χ1n) is 6.52. The molecule has 1 aromatic carbocycles. The Balaban J connectivity index is 1.89. The van der Waals surface area contributed by atoms with Gasteiger partial charge >= 0.3 is 0 Å². The number of anilines is 1. The fourth-order valence-electron chi connectivity index (χ4n) is 1.97. The third kappa shape index (κ3) is 2.82. The Morgan fingerprint density at radius 1 is 1.32 bits per heavy atom. The van der Waals surface area contributed by atoms with Gasteiger partial charge in [0.1, 0.15) is 11.3 Å². The fraction of sp³-hybridized carbons (Fsp3) is 0.143. The lowest BCUT2D eigenvalue weighted by molar-refractivity contribution is 0.415. The van der Waals surface area contributed by atoms with Gasteiger partial charge < -0.3 is 14.7 Å². The van der Waals surface area contributed by atoms with E-state index in [9.17, 15) is 0 Å². The summed E-state index contributed by atoms with van der Waals surface area (Å²) < 4.78 is 5.49. The lowest BCUT2D eigenvalue weighted by Crippen LogP contribution is -2.12. The van der Waals surface area contributed by atoms with E-state index in [0.29, 0.717) is 16.2 Å². The van der Waals surface area contributed by atoms with Crippen LogP contribution in [-0.4, -0.2) is 40.3 Å². The Morgan fingerprint density at radius 3 is 2.82 bits per heavy atom. The van der Waals surface area contributed by atoms with Crippen LogP contribution < -0.4 is 9.75 Å². The van der Waals surface area contributed by atoms with Crippen LogP contribution in [0.15, 0.2) is 35.7 Å². The van der Waals surface area contributed by atoms with Crippen molar-refractivity contribution in [3.63, 3.8) is 0 Å². The predicted molar refractivity (Wildman–Crippen MR) is 88.1 cm³/mol. The zero-order valence-electron chi connectivity index (χ0n) is 12.1. The quantitative estimate of drug-likeness (QED) is 0.439. The number of fused-ring (bicyclic) bond motifs is 1. The molecule has 0 aliphatic carbocycles. The summed E-state index contributed by atoms with van der Waals surface area (Å²) in [6, 6.07) is 7.61. The minimum atomic E-state index is 0.362. The summed E-state index contributed by atoms with van der Waals surface area (Å²) in [5, 5.41) is 6.04. The van der Waals surface area contributed by atoms with E-state index in [-0.39, 0.29) is 0 Å². The van der Waals surface area contributed by atoms with E-state index in [1.54, 1.807) is 31.7 Å². The maximum absolute atomic E-state index is 5.13. The number of benzene rings is 1. The molecule has 22 heavy (non-hydrogen) atoms. The van der Waals surface area contributed by atoms with Crippen LogP contribution in [0, 0.1) is 4.77 Å². The van der Waals surface area contributed by atoms with Crippen molar-refractivity contribution < 1.29 is 4.74 Å². The highest BCUT2D eigenvalue weighted by Crippen LogP contribution is 2.19. The maximum Gasteiger partial charge on any atom is 0.200 e. The van der Waals surface area contributed by atoms with Gasteiger partial charge in [-0.2, -0.15) is 10.1 Å². The summed E-state index contributed by atoms with van der Waals surface area (Å²) in [5.74, 6) is 1.42. The standard InChI is InChI=1S/C14H14N6OS/c1-20(17-7-9-3-5-10(21-2)6-4-9)13-11-12(16-8-15-11)18-14(22)19-13/h3-8H,1-2H3,(H2,15,16,18,19,22). The second kappa shape index (κ2) is 5.94. The van der Waals surface area contributed by atoms with Crippen molar-refractivity contribution >= 4 is 35.4 Å². The molecule has 0 saturated carbocycles. The topological polar surface area (TPSA) is 82.2 Å². The highest BCUT2D eigenvalue weighted by molar-refractivity contribution is 7.71. The lowest BCUT2D eigenvalue weighted by Gasteiger charge is -2.12. The molecular formula is C14H14N6OS. The van der Waals surface area contributed by atoms with Crippen LogP contribution in [0.25, 0.3) is 11.2 Å². The molecule has 7 nitrogen and oxygen atoms in total. The number of rotatable bonds is 4. The molecule has 2 N–H and O–H groups in total. The third-order valence-electron chi connectivity index (χ3n) is 3.10. The number of imidazole rings is 1. The number of hydrogen-bond acceptors (Lipinski definition) is 6. The normalized spacial score (nSPS) is 11.2. The Kier molecular flexibility index (Phi) is 3.84. The molecule has 0 bridgehead atoms. The van der Waals surface area contributed by atoms with Gasteiger partial charge in [-0.1, -0.05) is 0 Å². The Labute approximate surface area is 131 Å². The molecule has 0 spiro atoms. The summed E-state index contributed by atoms with van der Waals surface area (Å²) in [7, 11) is 3.44. The number of methoxy groups -OCH3 is 1. The van der Waals surface area contributed by atoms with Gasteiger partial charge in [0.15, 0.2) is 11.5 Å². The van der Waals surface area contributed by atoms with E-state index < -0.39 is 0 Å². The van der Waals surface area contributed by atoms with Crippen LogP contribution >= 0.6 is 12.2 Å². The van der Waals surface area contributed by atoms with Crippen molar-refractivity contribution in [2.75, 3.05) is 19.2 Å². The SMILES string of the molecule is COc1ccc(C=NN(C)c2nc(=S)[nH]c3nc[nH]c23)cc1. The maximum atomic E-state index is 5.13. The van der Waals surface area contributed by atoms with Crippen LogP contribution in [0.1, 0.15) is 5.56 Å². The van der Waals surface area contributed by atoms with Gasteiger partial charge in [-0.3, -0.25) is 0 Å². The summed E-state index contributed by atoms with van der Waals surface area (Å²) in [4.78, 5) is 14.4. The number of aromatic amines is 2. The van der Waals surface area contributed by atoms with Gasteiger partial charge in [0.2, 0.25) is 4.77 Å². The number of nitrogens with zero attached hydrogens (tertiary/aromatic N) is 4. The van der Waals surface area contributed by atoms with E-state index in [0.717, 1.165) is 16.8 Å². The molecule has 2 heterocycles. The zero-order chi connectivity index (χ0) is 15.5. The van der Waals surface area contributed by atoms with Crippen molar-refractivity contribution in [1.29, 1.82) is 0 Å². The lowest BCUT2D eigenvalue weighted by atomic mass is 10.2. The molecule has 0 fully saturated rings. The summed E-state index contributed by atoms with van der Waals surface area (Å²) in [6.07, 6.45) is 3.32. The molecule has 0 radical (unpaired) electrons. The molecule has 0 saturated heterocycles. The predicted octanol–water partition coefficient (Wildman–Crippen LogP) is 2.49. The van der Waals surface area contributed by atoms with Crippen molar-refractivity contribution in [1.82, 2.24) is 19.9 Å². The smallest absolute Gasteiger partial charge is 0.200 e. The average Bonchev–Trinajstić information content (AvgIpc) is 3.00. The van der Waals surface area contributed by atoms with Gasteiger partial charge in [-0.25, -0.2) is 9.99 Å². The van der Waals surface area contributed by atoms with E-state index >= 15 is 0 Å². The number of aromatic nitrogens is 4. The number of H-pyrrole nitrogens is 2. The Bertz CT molecular complexity index is 867. The van der Waals surface area contributed by atoms with Crippen LogP contribution in [0.2, 0.25) is 0 Å². The Hall–Kier alpha value is -2.74. The number of hydrogen-bond donors (Lipinski definition) is 2. The Morgan fingerprint density at radius 2 is 2.09 bits per heavy atom. The van der Waals surface area contributed by atoms with Gasteiger partial charge in [0.05, 0.1) is 19.7 Å². The van der Waals surface area contributed by atoms with Crippen molar-refractivity contribution in [3.05, 3.63) is 40.9 Å². The second-order valence-corrected chi connectivity index (χ2v) is 4.92. The molecular weight excluding hydrogens is 300 g/mol. The zero-order valence-corrected chi connectivity index (χ0v) is 12.9. The molecule has 0 aliphatic heterocycles. The van der Waals surface area contributed by atoms with Gasteiger partial charge in [-0.05, 0) is 42.0 Å². The monoisotopic (exact) mass is 314 g/mol.